The van der Waals surface area contributed by atoms with Crippen molar-refractivity contribution in [1.29, 1.82) is 0 Å². The lowest BCUT2D eigenvalue weighted by Crippen LogP contribution is -2.64. The molecule has 1 N–H and O–H groups in total. The summed E-state index contributed by atoms with van der Waals surface area (Å²) in [5.41, 5.74) is 0.614. The van der Waals surface area contributed by atoms with Gasteiger partial charge in [0.25, 0.3) is 5.91 Å². The molecule has 2 aliphatic rings. The number of rotatable bonds is 4. The molecular weight excluding hydrogens is 469 g/mol. The molecule has 1 unspecified atom stereocenters. The average Bonchev–Trinajstić information content (AvgIpc) is 3.46. The lowest BCUT2D eigenvalue weighted by molar-refractivity contribution is -0.126. The minimum absolute atomic E-state index is 0.213. The maximum Gasteiger partial charge on any atom is 0.275 e. The molecule has 0 saturated heterocycles. The highest BCUT2D eigenvalue weighted by Crippen LogP contribution is 2.41. The Morgan fingerprint density at radius 2 is 1.86 bits per heavy atom. The van der Waals surface area contributed by atoms with Crippen LogP contribution >= 0.6 is 11.3 Å². The molecule has 178 valence electrons. The molecule has 2 aromatic heterocycles. The summed E-state index contributed by atoms with van der Waals surface area (Å²) in [6.45, 7) is 3.14. The summed E-state index contributed by atoms with van der Waals surface area (Å²) >= 11 is 1.54. The first-order valence-corrected chi connectivity index (χ1v) is 12.2. The van der Waals surface area contributed by atoms with Crippen LogP contribution in [0.4, 0.5) is 10.1 Å². The van der Waals surface area contributed by atoms with Crippen molar-refractivity contribution in [2.45, 2.75) is 25.6 Å². The van der Waals surface area contributed by atoms with Gasteiger partial charge >= 0.3 is 0 Å². The number of aromatic nitrogens is 1. The molecule has 1 atom stereocenters. The van der Waals surface area contributed by atoms with Gasteiger partial charge in [0.1, 0.15) is 35.1 Å². The predicted octanol–water partition coefficient (Wildman–Crippen LogP) is 4.35. The van der Waals surface area contributed by atoms with Crippen LogP contribution in [0.15, 0.2) is 60.0 Å². The SMILES string of the molecule is CC1(C(=O)NCc2ccc(F)cc2)Cn2c(cc3ccsc32)C(=O)N1c1ccc2c(c1)OCCO2. The van der Waals surface area contributed by atoms with Crippen molar-refractivity contribution in [2.75, 3.05) is 18.1 Å². The summed E-state index contributed by atoms with van der Waals surface area (Å²) < 4.78 is 26.6. The maximum absolute atomic E-state index is 13.9. The Kier molecular flexibility index (Phi) is 5.03. The number of carbonyl (C=O) groups excluding carboxylic acids is 2. The molecule has 4 aromatic rings. The number of fused-ring (bicyclic) bond motifs is 4. The van der Waals surface area contributed by atoms with E-state index < -0.39 is 5.54 Å². The number of nitrogens with one attached hydrogen (secondary N) is 1. The Morgan fingerprint density at radius 1 is 1.09 bits per heavy atom. The first kappa shape index (κ1) is 21.7. The number of hydrogen-bond acceptors (Lipinski definition) is 5. The Bertz CT molecular complexity index is 1460. The van der Waals surface area contributed by atoms with Gasteiger partial charge in [0.2, 0.25) is 5.91 Å². The molecule has 0 fully saturated rings. The van der Waals surface area contributed by atoms with Crippen molar-refractivity contribution in [1.82, 2.24) is 9.88 Å². The van der Waals surface area contributed by atoms with Gasteiger partial charge in [-0.1, -0.05) is 12.1 Å². The minimum Gasteiger partial charge on any atom is -0.486 e. The van der Waals surface area contributed by atoms with Crippen molar-refractivity contribution in [2.24, 2.45) is 0 Å². The molecule has 0 spiro atoms. The fourth-order valence-corrected chi connectivity index (χ4v) is 5.64. The van der Waals surface area contributed by atoms with E-state index in [9.17, 15) is 14.0 Å². The van der Waals surface area contributed by atoms with Crippen LogP contribution in [0, 0.1) is 5.82 Å². The summed E-state index contributed by atoms with van der Waals surface area (Å²) in [5.74, 6) is 0.230. The van der Waals surface area contributed by atoms with Crippen LogP contribution < -0.4 is 19.7 Å². The zero-order valence-electron chi connectivity index (χ0n) is 18.9. The number of anilines is 1. The second-order valence-corrected chi connectivity index (χ2v) is 9.74. The number of carbonyl (C=O) groups is 2. The summed E-state index contributed by atoms with van der Waals surface area (Å²) in [6.07, 6.45) is 0. The van der Waals surface area contributed by atoms with Gasteiger partial charge in [-0.2, -0.15) is 0 Å². The number of hydrogen-bond donors (Lipinski definition) is 1. The van der Waals surface area contributed by atoms with Crippen LogP contribution in [0.1, 0.15) is 23.0 Å². The van der Waals surface area contributed by atoms with Gasteiger partial charge in [0, 0.05) is 23.7 Å². The lowest BCUT2D eigenvalue weighted by Gasteiger charge is -2.44. The largest absolute Gasteiger partial charge is 0.486 e. The third kappa shape index (κ3) is 3.54. The average molecular weight is 492 g/mol. The van der Waals surface area contributed by atoms with Crippen molar-refractivity contribution < 1.29 is 23.5 Å². The molecule has 0 aliphatic carbocycles. The maximum atomic E-state index is 13.9. The molecular formula is C26H22FN3O4S. The highest BCUT2D eigenvalue weighted by atomic mass is 32.1. The second kappa shape index (κ2) is 8.13. The predicted molar refractivity (Wildman–Crippen MR) is 131 cm³/mol. The smallest absolute Gasteiger partial charge is 0.275 e. The topological polar surface area (TPSA) is 72.8 Å². The molecule has 4 heterocycles. The van der Waals surface area contributed by atoms with Crippen molar-refractivity contribution in [3.8, 4) is 11.5 Å². The lowest BCUT2D eigenvalue weighted by atomic mass is 9.93. The van der Waals surface area contributed by atoms with E-state index in [4.69, 9.17) is 9.47 Å². The number of benzene rings is 2. The van der Waals surface area contributed by atoms with Crippen molar-refractivity contribution >= 4 is 39.1 Å². The molecule has 2 aliphatic heterocycles. The highest BCUT2D eigenvalue weighted by Gasteiger charge is 2.49. The molecule has 2 amide bonds. The van der Waals surface area contributed by atoms with E-state index in [1.54, 1.807) is 42.2 Å². The summed E-state index contributed by atoms with van der Waals surface area (Å²) in [6, 6.07) is 15.1. The minimum atomic E-state index is -1.23. The van der Waals surface area contributed by atoms with Crippen LogP contribution in [-0.2, 0) is 17.9 Å². The number of nitrogens with zero attached hydrogens (tertiary/aromatic N) is 2. The molecule has 6 rings (SSSR count). The van der Waals surface area contributed by atoms with Crippen molar-refractivity contribution in [3.05, 3.63) is 77.1 Å². The Morgan fingerprint density at radius 3 is 2.66 bits per heavy atom. The number of thiophene rings is 1. The summed E-state index contributed by atoms with van der Waals surface area (Å²) in [5, 5.41) is 5.90. The second-order valence-electron chi connectivity index (χ2n) is 8.85. The van der Waals surface area contributed by atoms with Crippen LogP contribution in [0.3, 0.4) is 0 Å². The van der Waals surface area contributed by atoms with Crippen molar-refractivity contribution in [3.63, 3.8) is 0 Å². The van der Waals surface area contributed by atoms with E-state index in [1.165, 1.54) is 23.5 Å². The first-order chi connectivity index (χ1) is 16.9. The van der Waals surface area contributed by atoms with E-state index in [0.717, 1.165) is 15.8 Å². The molecule has 0 bridgehead atoms. The third-order valence-electron chi connectivity index (χ3n) is 6.52. The Hall–Kier alpha value is -3.85. The third-order valence-corrected chi connectivity index (χ3v) is 7.48. The van der Waals surface area contributed by atoms with Gasteiger partial charge in [-0.3, -0.25) is 14.5 Å². The van der Waals surface area contributed by atoms with Gasteiger partial charge in [-0.25, -0.2) is 4.39 Å². The van der Waals surface area contributed by atoms with Crippen LogP contribution in [-0.4, -0.2) is 35.1 Å². The fourth-order valence-electron chi connectivity index (χ4n) is 4.75. The van der Waals surface area contributed by atoms with Gasteiger partial charge < -0.3 is 19.4 Å². The summed E-state index contributed by atoms with van der Waals surface area (Å²) in [4.78, 5) is 30.1. The molecule has 35 heavy (non-hydrogen) atoms. The number of halogens is 1. The Balaban J connectivity index is 1.41. The first-order valence-electron chi connectivity index (χ1n) is 11.3. The van der Waals surface area contributed by atoms with Gasteiger partial charge in [-0.15, -0.1) is 11.3 Å². The van der Waals surface area contributed by atoms with Crippen LogP contribution in [0.2, 0.25) is 0 Å². The van der Waals surface area contributed by atoms with E-state index in [0.29, 0.717) is 36.1 Å². The fraction of sp³-hybridized carbons (Fsp3) is 0.231. The number of amides is 2. The standard InChI is InChI=1S/C26H22FN3O4S/c1-26(25(32)28-14-16-2-4-18(27)5-3-16)15-29-20(12-17-8-11-35-24(17)29)23(31)30(26)19-6-7-21-22(13-19)34-10-9-33-21/h2-8,11-13H,9-10,14-15H2,1H3,(H,28,32). The molecule has 2 aromatic carbocycles. The van der Waals surface area contributed by atoms with Gasteiger partial charge in [0.05, 0.1) is 6.54 Å². The molecule has 9 heteroatoms. The zero-order chi connectivity index (χ0) is 24.2. The molecule has 7 nitrogen and oxygen atoms in total. The van der Waals surface area contributed by atoms with E-state index >= 15 is 0 Å². The quantitative estimate of drug-likeness (QED) is 0.461. The van der Waals surface area contributed by atoms with Crippen LogP contribution in [0.5, 0.6) is 11.5 Å². The highest BCUT2D eigenvalue weighted by molar-refractivity contribution is 7.16. The van der Waals surface area contributed by atoms with Crippen LogP contribution in [0.25, 0.3) is 10.2 Å². The number of ether oxygens (including phenoxy) is 2. The van der Waals surface area contributed by atoms with Gasteiger partial charge in [-0.05, 0) is 54.3 Å². The van der Waals surface area contributed by atoms with E-state index in [2.05, 4.69) is 5.32 Å². The molecule has 0 saturated carbocycles. The zero-order valence-corrected chi connectivity index (χ0v) is 19.7. The van der Waals surface area contributed by atoms with E-state index in [1.807, 2.05) is 22.1 Å². The van der Waals surface area contributed by atoms with E-state index in [-0.39, 0.29) is 30.7 Å². The Labute approximate surface area is 204 Å². The monoisotopic (exact) mass is 491 g/mol. The molecule has 0 radical (unpaired) electrons. The van der Waals surface area contributed by atoms with Gasteiger partial charge in [0.15, 0.2) is 11.5 Å². The summed E-state index contributed by atoms with van der Waals surface area (Å²) in [7, 11) is 0. The normalized spacial score (nSPS) is 19.0.